The van der Waals surface area contributed by atoms with E-state index in [2.05, 4.69) is 10.3 Å². The maximum Gasteiger partial charge on any atom is 0.276 e. The second kappa shape index (κ2) is 6.62. The number of carbonyl (C=O) groups excluding carboxylic acids is 1. The van der Waals surface area contributed by atoms with Gasteiger partial charge >= 0.3 is 0 Å². The lowest BCUT2D eigenvalue weighted by atomic mass is 10.2. The topological polar surface area (TPSA) is 68.1 Å². The average molecular weight is 332 g/mol. The molecule has 1 aromatic carbocycles. The van der Waals surface area contributed by atoms with Gasteiger partial charge in [-0.05, 0) is 19.4 Å². The first kappa shape index (κ1) is 15.9. The number of hydrogen-bond acceptors (Lipinski definition) is 4. The predicted octanol–water partition coefficient (Wildman–Crippen LogP) is 1.31. The van der Waals surface area contributed by atoms with Crippen LogP contribution in [0.1, 0.15) is 29.9 Å². The van der Waals surface area contributed by atoms with Gasteiger partial charge in [0.15, 0.2) is 5.69 Å². The van der Waals surface area contributed by atoms with Crippen molar-refractivity contribution in [3.05, 3.63) is 47.8 Å². The average Bonchev–Trinajstić information content (AvgIpc) is 3.01. The maximum atomic E-state index is 12.6. The van der Waals surface area contributed by atoms with Crippen molar-refractivity contribution >= 4 is 16.7 Å². The van der Waals surface area contributed by atoms with Crippen LogP contribution in [0.2, 0.25) is 0 Å². The van der Waals surface area contributed by atoms with E-state index >= 15 is 0 Å². The minimum atomic E-state index is -0.880. The zero-order valence-electron chi connectivity index (χ0n) is 13.3. The maximum absolute atomic E-state index is 12.6. The molecule has 2 atom stereocenters. The molecule has 23 heavy (non-hydrogen) atoms. The van der Waals surface area contributed by atoms with Gasteiger partial charge in [0.05, 0.1) is 12.7 Å². The molecule has 6 nitrogen and oxygen atoms in total. The highest BCUT2D eigenvalue weighted by Gasteiger charge is 2.32. The summed E-state index contributed by atoms with van der Waals surface area (Å²) in [7, 11) is -0.880. The standard InChI is InChI=1S/C16H20N4O2S/c1-12-8-19(9-13(2)23(12)22)16(21)15-11-20(18-17-15)10-14-6-4-3-5-7-14/h3-7,11-13H,8-10H2,1-2H3. The van der Waals surface area contributed by atoms with Crippen LogP contribution in [0, 0.1) is 0 Å². The van der Waals surface area contributed by atoms with Crippen LogP contribution in [0.4, 0.5) is 0 Å². The summed E-state index contributed by atoms with van der Waals surface area (Å²) in [4.78, 5) is 14.3. The lowest BCUT2D eigenvalue weighted by Crippen LogP contribution is -2.49. The Balaban J connectivity index is 1.70. The van der Waals surface area contributed by atoms with E-state index in [1.807, 2.05) is 44.2 Å². The monoisotopic (exact) mass is 332 g/mol. The van der Waals surface area contributed by atoms with Crippen molar-refractivity contribution < 1.29 is 9.00 Å². The number of aromatic nitrogens is 3. The van der Waals surface area contributed by atoms with Crippen molar-refractivity contribution in [1.82, 2.24) is 19.9 Å². The van der Waals surface area contributed by atoms with Crippen LogP contribution < -0.4 is 0 Å². The molecular formula is C16H20N4O2S. The van der Waals surface area contributed by atoms with Crippen LogP contribution in [0.25, 0.3) is 0 Å². The summed E-state index contributed by atoms with van der Waals surface area (Å²) in [6, 6.07) is 9.91. The minimum Gasteiger partial charge on any atom is -0.335 e. The molecule has 1 aromatic heterocycles. The van der Waals surface area contributed by atoms with E-state index in [1.165, 1.54) is 0 Å². The quantitative estimate of drug-likeness (QED) is 0.850. The third-order valence-corrected chi connectivity index (χ3v) is 5.86. The third-order valence-electron chi connectivity index (χ3n) is 3.98. The second-order valence-electron chi connectivity index (χ2n) is 5.95. The number of amides is 1. The highest BCUT2D eigenvalue weighted by Crippen LogP contribution is 2.16. The number of rotatable bonds is 3. The first-order valence-corrected chi connectivity index (χ1v) is 8.95. The highest BCUT2D eigenvalue weighted by atomic mass is 32.2. The van der Waals surface area contributed by atoms with Crippen molar-refractivity contribution in [2.75, 3.05) is 13.1 Å². The van der Waals surface area contributed by atoms with Crippen molar-refractivity contribution in [1.29, 1.82) is 0 Å². The van der Waals surface area contributed by atoms with Gasteiger partial charge in [0.2, 0.25) is 0 Å². The number of hydrogen-bond donors (Lipinski definition) is 0. The van der Waals surface area contributed by atoms with Crippen molar-refractivity contribution in [3.63, 3.8) is 0 Å². The molecule has 0 radical (unpaired) electrons. The molecule has 2 heterocycles. The summed E-state index contributed by atoms with van der Waals surface area (Å²) >= 11 is 0. The molecule has 0 aliphatic carbocycles. The molecule has 2 unspecified atom stereocenters. The van der Waals surface area contributed by atoms with Crippen LogP contribution in [0.5, 0.6) is 0 Å². The van der Waals surface area contributed by atoms with Crippen LogP contribution >= 0.6 is 0 Å². The normalized spacial score (nSPS) is 24.6. The van der Waals surface area contributed by atoms with E-state index in [9.17, 15) is 9.00 Å². The summed E-state index contributed by atoms with van der Waals surface area (Å²) in [6.07, 6.45) is 1.68. The van der Waals surface area contributed by atoms with E-state index in [1.54, 1.807) is 15.8 Å². The molecule has 2 aromatic rings. The van der Waals surface area contributed by atoms with Crippen molar-refractivity contribution in [3.8, 4) is 0 Å². The fourth-order valence-corrected chi connectivity index (χ4v) is 4.26. The van der Waals surface area contributed by atoms with Gasteiger partial charge in [-0.3, -0.25) is 9.00 Å². The van der Waals surface area contributed by atoms with E-state index < -0.39 is 10.8 Å². The zero-order chi connectivity index (χ0) is 16.4. The molecule has 0 N–H and O–H groups in total. The fourth-order valence-electron chi connectivity index (χ4n) is 2.81. The summed E-state index contributed by atoms with van der Waals surface area (Å²) in [5.74, 6) is -0.139. The van der Waals surface area contributed by atoms with E-state index in [0.717, 1.165) is 5.56 Å². The molecule has 1 saturated heterocycles. The van der Waals surface area contributed by atoms with Gasteiger partial charge in [-0.2, -0.15) is 0 Å². The van der Waals surface area contributed by atoms with Crippen LogP contribution in [0.3, 0.4) is 0 Å². The molecular weight excluding hydrogens is 312 g/mol. The van der Waals surface area contributed by atoms with Crippen molar-refractivity contribution in [2.45, 2.75) is 30.9 Å². The molecule has 1 fully saturated rings. The Labute approximate surface area is 137 Å². The number of carbonyl (C=O) groups is 1. The van der Waals surface area contributed by atoms with Gasteiger partial charge in [0.1, 0.15) is 0 Å². The Kier molecular flexibility index (Phi) is 4.56. The Hall–Kier alpha value is -2.02. The van der Waals surface area contributed by atoms with E-state index in [4.69, 9.17) is 0 Å². The van der Waals surface area contributed by atoms with Gasteiger partial charge in [-0.25, -0.2) is 4.68 Å². The molecule has 0 bridgehead atoms. The van der Waals surface area contributed by atoms with Crippen LogP contribution in [0.15, 0.2) is 36.5 Å². The van der Waals surface area contributed by atoms with Crippen molar-refractivity contribution in [2.24, 2.45) is 0 Å². The van der Waals surface area contributed by atoms with E-state index in [0.29, 0.717) is 25.3 Å². The zero-order valence-corrected chi connectivity index (χ0v) is 14.1. The predicted molar refractivity (Wildman–Crippen MR) is 88.5 cm³/mol. The fraction of sp³-hybridized carbons (Fsp3) is 0.438. The van der Waals surface area contributed by atoms with Crippen LogP contribution in [-0.2, 0) is 17.3 Å². The first-order chi connectivity index (χ1) is 11.0. The highest BCUT2D eigenvalue weighted by molar-refractivity contribution is 7.86. The summed E-state index contributed by atoms with van der Waals surface area (Å²) in [5.41, 5.74) is 1.44. The Morgan fingerprint density at radius 1 is 1.22 bits per heavy atom. The molecule has 1 amide bonds. The molecule has 0 saturated carbocycles. The first-order valence-electron chi connectivity index (χ1n) is 7.67. The van der Waals surface area contributed by atoms with E-state index in [-0.39, 0.29) is 16.4 Å². The summed E-state index contributed by atoms with van der Waals surface area (Å²) in [6.45, 7) is 5.41. The molecule has 7 heteroatoms. The smallest absolute Gasteiger partial charge is 0.276 e. The lowest BCUT2D eigenvalue weighted by Gasteiger charge is -2.33. The Morgan fingerprint density at radius 3 is 2.52 bits per heavy atom. The molecule has 1 aliphatic rings. The lowest BCUT2D eigenvalue weighted by molar-refractivity contribution is 0.0745. The number of nitrogens with zero attached hydrogens (tertiary/aromatic N) is 4. The molecule has 1 aliphatic heterocycles. The summed E-state index contributed by atoms with van der Waals surface area (Å²) in [5, 5.41) is 8.02. The molecule has 122 valence electrons. The molecule has 3 rings (SSSR count). The van der Waals surface area contributed by atoms with Gasteiger partial charge in [-0.15, -0.1) is 5.10 Å². The largest absolute Gasteiger partial charge is 0.335 e. The Morgan fingerprint density at radius 2 is 1.87 bits per heavy atom. The minimum absolute atomic E-state index is 0.0120. The molecule has 0 spiro atoms. The summed E-state index contributed by atoms with van der Waals surface area (Å²) < 4.78 is 13.6. The number of benzene rings is 1. The third kappa shape index (κ3) is 3.50. The van der Waals surface area contributed by atoms with Gasteiger partial charge in [0, 0.05) is 34.4 Å². The van der Waals surface area contributed by atoms with Crippen LogP contribution in [-0.4, -0.2) is 53.6 Å². The van der Waals surface area contributed by atoms with Gasteiger partial charge < -0.3 is 4.90 Å². The second-order valence-corrected chi connectivity index (χ2v) is 8.21. The SMILES string of the molecule is CC1CN(C(=O)c2cn(Cc3ccccc3)nn2)CC(C)S1=O. The van der Waals surface area contributed by atoms with Gasteiger partial charge in [-0.1, -0.05) is 35.5 Å². The van der Waals surface area contributed by atoms with Gasteiger partial charge in [0.25, 0.3) is 5.91 Å². The Bertz CT molecular complexity index is 702.